The van der Waals surface area contributed by atoms with Gasteiger partial charge in [-0.1, -0.05) is 49.6 Å². The summed E-state index contributed by atoms with van der Waals surface area (Å²) in [4.78, 5) is 17.9. The first-order valence-electron chi connectivity index (χ1n) is 8.61. The van der Waals surface area contributed by atoms with Crippen LogP contribution >= 0.6 is 0 Å². The number of ether oxygens (including phenoxy) is 1. The van der Waals surface area contributed by atoms with Gasteiger partial charge in [0, 0.05) is 5.41 Å². The Morgan fingerprint density at radius 2 is 1.79 bits per heavy atom. The maximum atomic E-state index is 12.9. The number of hydrogen-bond donors (Lipinski definition) is 0. The highest BCUT2D eigenvalue weighted by Crippen LogP contribution is 2.62. The molecule has 0 N–H and O–H groups in total. The van der Waals surface area contributed by atoms with Gasteiger partial charge in [-0.25, -0.2) is 0 Å². The van der Waals surface area contributed by atoms with Crippen molar-refractivity contribution in [3.8, 4) is 6.07 Å². The molecule has 1 aliphatic carbocycles. The van der Waals surface area contributed by atoms with E-state index >= 15 is 0 Å². The summed E-state index contributed by atoms with van der Waals surface area (Å²) < 4.78 is 5.14. The van der Waals surface area contributed by atoms with Gasteiger partial charge in [-0.3, -0.25) is 9.79 Å². The topological polar surface area (TPSA) is 62.5 Å². The highest BCUT2D eigenvalue weighted by atomic mass is 16.5. The standard InChI is InChI=1S/C20H24N2O2/c1-18(2)20(14-21,17(23)24-3)19(12-8-5-9-13-19)16(22-18)15-10-6-4-7-11-15/h4,6-7,10-11H,5,8-9,12-13H2,1-3H3. The van der Waals surface area contributed by atoms with Crippen molar-refractivity contribution in [2.45, 2.75) is 51.5 Å². The molecule has 3 rings (SSSR count). The van der Waals surface area contributed by atoms with E-state index in [1.54, 1.807) is 0 Å². The van der Waals surface area contributed by atoms with E-state index in [0.717, 1.165) is 43.4 Å². The fraction of sp³-hybridized carbons (Fsp3) is 0.550. The number of aliphatic imine (C=N–C) groups is 1. The Balaban J connectivity index is 2.28. The third-order valence-corrected chi connectivity index (χ3v) is 5.89. The molecule has 1 fully saturated rings. The molecule has 1 aliphatic heterocycles. The quantitative estimate of drug-likeness (QED) is 0.775. The Hall–Kier alpha value is -2.15. The van der Waals surface area contributed by atoms with Gasteiger partial charge >= 0.3 is 5.97 Å². The van der Waals surface area contributed by atoms with Gasteiger partial charge in [0.2, 0.25) is 0 Å². The molecule has 0 radical (unpaired) electrons. The third-order valence-electron chi connectivity index (χ3n) is 5.89. The molecule has 1 atom stereocenters. The maximum absolute atomic E-state index is 12.9. The van der Waals surface area contributed by atoms with Gasteiger partial charge in [0.05, 0.1) is 24.4 Å². The Morgan fingerprint density at radius 3 is 2.33 bits per heavy atom. The number of hydrogen-bond acceptors (Lipinski definition) is 4. The average molecular weight is 324 g/mol. The molecule has 0 amide bonds. The van der Waals surface area contributed by atoms with E-state index in [4.69, 9.17) is 9.73 Å². The molecule has 0 bridgehead atoms. The highest BCUT2D eigenvalue weighted by Gasteiger charge is 2.71. The van der Waals surface area contributed by atoms with Crippen LogP contribution in [0, 0.1) is 22.2 Å². The minimum atomic E-state index is -1.28. The Labute approximate surface area is 143 Å². The van der Waals surface area contributed by atoms with Gasteiger partial charge in [0.1, 0.15) is 0 Å². The molecule has 126 valence electrons. The van der Waals surface area contributed by atoms with E-state index in [9.17, 15) is 10.1 Å². The SMILES string of the molecule is COC(=O)C1(C#N)C(C)(C)N=C(c2ccccc2)C12CCCCC2. The number of benzene rings is 1. The Morgan fingerprint density at radius 1 is 1.17 bits per heavy atom. The maximum Gasteiger partial charge on any atom is 0.329 e. The second kappa shape index (κ2) is 5.73. The summed E-state index contributed by atoms with van der Waals surface area (Å²) >= 11 is 0. The van der Waals surface area contributed by atoms with Crippen LogP contribution in [-0.4, -0.2) is 24.3 Å². The monoisotopic (exact) mass is 324 g/mol. The molecular weight excluding hydrogens is 300 g/mol. The van der Waals surface area contributed by atoms with Crippen LogP contribution in [0.4, 0.5) is 0 Å². The molecule has 4 heteroatoms. The predicted octanol–water partition coefficient (Wildman–Crippen LogP) is 3.90. The van der Waals surface area contributed by atoms with Gasteiger partial charge < -0.3 is 4.74 Å². The number of esters is 1. The summed E-state index contributed by atoms with van der Waals surface area (Å²) in [5.74, 6) is -0.452. The molecule has 4 nitrogen and oxygen atoms in total. The zero-order chi connectivity index (χ0) is 17.4. The number of methoxy groups -OCH3 is 1. The normalized spacial score (nSPS) is 27.3. The summed E-state index contributed by atoms with van der Waals surface area (Å²) in [7, 11) is 1.37. The lowest BCUT2D eigenvalue weighted by atomic mass is 9.51. The van der Waals surface area contributed by atoms with Crippen LogP contribution in [0.15, 0.2) is 35.3 Å². The van der Waals surface area contributed by atoms with Crippen molar-refractivity contribution in [1.29, 1.82) is 5.26 Å². The van der Waals surface area contributed by atoms with Crippen LogP contribution < -0.4 is 0 Å². The van der Waals surface area contributed by atoms with Gasteiger partial charge in [-0.05, 0) is 32.3 Å². The van der Waals surface area contributed by atoms with Crippen LogP contribution in [0.3, 0.4) is 0 Å². The van der Waals surface area contributed by atoms with E-state index < -0.39 is 22.3 Å². The number of nitrogens with zero attached hydrogens (tertiary/aromatic N) is 2. The van der Waals surface area contributed by atoms with Crippen molar-refractivity contribution in [2.75, 3.05) is 7.11 Å². The predicted molar refractivity (Wildman–Crippen MR) is 92.6 cm³/mol. The molecule has 1 heterocycles. The number of rotatable bonds is 2. The van der Waals surface area contributed by atoms with Crippen molar-refractivity contribution < 1.29 is 9.53 Å². The Bertz CT molecular complexity index is 709. The zero-order valence-corrected chi connectivity index (χ0v) is 14.6. The van der Waals surface area contributed by atoms with Gasteiger partial charge in [0.15, 0.2) is 5.41 Å². The second-order valence-corrected chi connectivity index (χ2v) is 7.38. The van der Waals surface area contributed by atoms with E-state index in [1.807, 2.05) is 44.2 Å². The largest absolute Gasteiger partial charge is 0.468 e. The molecule has 1 aromatic rings. The molecule has 1 unspecified atom stereocenters. The van der Waals surface area contributed by atoms with Crippen molar-refractivity contribution in [3.63, 3.8) is 0 Å². The summed E-state index contributed by atoms with van der Waals surface area (Å²) in [5, 5.41) is 10.2. The van der Waals surface area contributed by atoms with Crippen molar-refractivity contribution in [2.24, 2.45) is 15.8 Å². The lowest BCUT2D eigenvalue weighted by Gasteiger charge is -2.47. The number of carbonyl (C=O) groups is 1. The zero-order valence-electron chi connectivity index (χ0n) is 14.6. The fourth-order valence-electron chi connectivity index (χ4n) is 4.83. The number of carbonyl (C=O) groups excluding carboxylic acids is 1. The van der Waals surface area contributed by atoms with Crippen molar-refractivity contribution in [3.05, 3.63) is 35.9 Å². The van der Waals surface area contributed by atoms with Crippen molar-refractivity contribution >= 4 is 11.7 Å². The van der Waals surface area contributed by atoms with E-state index in [-0.39, 0.29) is 0 Å². The lowest BCUT2D eigenvalue weighted by Crippen LogP contribution is -2.57. The minimum absolute atomic E-state index is 0.452. The average Bonchev–Trinajstić information content (AvgIpc) is 2.80. The lowest BCUT2D eigenvalue weighted by molar-refractivity contribution is -0.158. The smallest absolute Gasteiger partial charge is 0.329 e. The summed E-state index contributed by atoms with van der Waals surface area (Å²) in [6.07, 6.45) is 4.73. The second-order valence-electron chi connectivity index (χ2n) is 7.38. The molecule has 2 aliphatic rings. The van der Waals surface area contributed by atoms with Crippen LogP contribution in [0.25, 0.3) is 0 Å². The van der Waals surface area contributed by atoms with Gasteiger partial charge in [-0.15, -0.1) is 0 Å². The number of nitriles is 1. The van der Waals surface area contributed by atoms with Gasteiger partial charge in [-0.2, -0.15) is 5.26 Å². The highest BCUT2D eigenvalue weighted by molar-refractivity contribution is 6.11. The van der Waals surface area contributed by atoms with Crippen molar-refractivity contribution in [1.82, 2.24) is 0 Å². The van der Waals surface area contributed by atoms with E-state index in [0.29, 0.717) is 0 Å². The minimum Gasteiger partial charge on any atom is -0.468 e. The molecule has 24 heavy (non-hydrogen) atoms. The van der Waals surface area contributed by atoms with Crippen LogP contribution in [-0.2, 0) is 9.53 Å². The molecule has 1 aromatic carbocycles. The van der Waals surface area contributed by atoms with Crippen LogP contribution in [0.2, 0.25) is 0 Å². The van der Waals surface area contributed by atoms with E-state index in [2.05, 4.69) is 6.07 Å². The summed E-state index contributed by atoms with van der Waals surface area (Å²) in [6.45, 7) is 3.78. The first-order valence-corrected chi connectivity index (χ1v) is 8.61. The van der Waals surface area contributed by atoms with Crippen LogP contribution in [0.1, 0.15) is 51.5 Å². The fourth-order valence-corrected chi connectivity index (χ4v) is 4.83. The summed E-state index contributed by atoms with van der Waals surface area (Å²) in [6, 6.07) is 12.4. The molecule has 0 saturated heterocycles. The first-order chi connectivity index (χ1) is 11.4. The van der Waals surface area contributed by atoms with Gasteiger partial charge in [0.25, 0.3) is 0 Å². The first kappa shape index (κ1) is 16.7. The third kappa shape index (κ3) is 1.97. The Kier molecular flexibility index (Phi) is 3.99. The van der Waals surface area contributed by atoms with E-state index in [1.165, 1.54) is 7.11 Å². The molecular formula is C20H24N2O2. The molecule has 1 spiro atoms. The molecule has 0 aromatic heterocycles. The van der Waals surface area contributed by atoms with Crippen LogP contribution in [0.5, 0.6) is 0 Å². The summed E-state index contributed by atoms with van der Waals surface area (Å²) in [5.41, 5.74) is -0.761. The molecule has 1 saturated carbocycles.